The lowest BCUT2D eigenvalue weighted by Gasteiger charge is -2.31. The van der Waals surface area contributed by atoms with E-state index in [2.05, 4.69) is 4.98 Å². The van der Waals surface area contributed by atoms with E-state index in [1.165, 1.54) is 11.1 Å². The van der Waals surface area contributed by atoms with Crippen LogP contribution in [-0.2, 0) is 9.53 Å². The molecule has 1 saturated heterocycles. The number of hydrogen-bond acceptors (Lipinski definition) is 4. The molecule has 1 aromatic heterocycles. The Kier molecular flexibility index (Phi) is 3.53. The van der Waals surface area contributed by atoms with E-state index in [-0.39, 0.29) is 19.1 Å². The van der Waals surface area contributed by atoms with E-state index in [4.69, 9.17) is 9.84 Å². The minimum absolute atomic E-state index is 0.0530. The largest absolute Gasteiger partial charge is 0.479 e. The maximum atomic E-state index is 12.6. The van der Waals surface area contributed by atoms with Crippen molar-refractivity contribution in [2.75, 3.05) is 19.7 Å². The van der Waals surface area contributed by atoms with Crippen molar-refractivity contribution in [2.24, 2.45) is 0 Å². The fourth-order valence-corrected chi connectivity index (χ4v) is 2.44. The number of fused-ring (bicyclic) bond motifs is 1. The van der Waals surface area contributed by atoms with Crippen molar-refractivity contribution in [2.45, 2.75) is 6.10 Å². The predicted molar refractivity (Wildman–Crippen MR) is 75.0 cm³/mol. The summed E-state index contributed by atoms with van der Waals surface area (Å²) in [5, 5.41) is 10.7. The van der Waals surface area contributed by atoms with Gasteiger partial charge in [-0.05, 0) is 5.39 Å². The normalized spacial score (nSPS) is 18.7. The van der Waals surface area contributed by atoms with Crippen LogP contribution >= 0.6 is 0 Å². The smallest absolute Gasteiger partial charge is 0.334 e. The van der Waals surface area contributed by atoms with Gasteiger partial charge in [0.1, 0.15) is 0 Å². The van der Waals surface area contributed by atoms with Crippen LogP contribution in [0.1, 0.15) is 10.4 Å². The number of nitrogens with zero attached hydrogens (tertiary/aromatic N) is 2. The van der Waals surface area contributed by atoms with Crippen molar-refractivity contribution in [3.8, 4) is 0 Å². The standard InChI is InChI=1S/C15H14N2O4/c18-14(17-5-6-21-13(9-17)15(19)20)12-8-16-7-10-3-1-2-4-11(10)12/h1-4,7-8,13H,5-6,9H2,(H,19,20). The van der Waals surface area contributed by atoms with E-state index >= 15 is 0 Å². The van der Waals surface area contributed by atoms with Crippen LogP contribution < -0.4 is 0 Å². The quantitative estimate of drug-likeness (QED) is 0.896. The number of aliphatic carboxylic acids is 1. The number of carbonyl (C=O) groups is 2. The zero-order valence-corrected chi connectivity index (χ0v) is 11.2. The first-order valence-electron chi connectivity index (χ1n) is 6.63. The first-order chi connectivity index (χ1) is 10.2. The average molecular weight is 286 g/mol. The molecule has 1 amide bonds. The van der Waals surface area contributed by atoms with Gasteiger partial charge < -0.3 is 14.7 Å². The molecule has 0 saturated carbocycles. The Labute approximate surface area is 121 Å². The number of hydrogen-bond donors (Lipinski definition) is 1. The second kappa shape index (κ2) is 5.49. The molecule has 0 aliphatic carbocycles. The van der Waals surface area contributed by atoms with Crippen molar-refractivity contribution < 1.29 is 19.4 Å². The Hall–Kier alpha value is -2.47. The van der Waals surface area contributed by atoms with E-state index in [1.54, 1.807) is 6.20 Å². The fraction of sp³-hybridized carbons (Fsp3) is 0.267. The molecule has 6 nitrogen and oxygen atoms in total. The third-order valence-corrected chi connectivity index (χ3v) is 3.53. The van der Waals surface area contributed by atoms with Gasteiger partial charge in [-0.3, -0.25) is 9.78 Å². The lowest BCUT2D eigenvalue weighted by molar-refractivity contribution is -0.154. The van der Waals surface area contributed by atoms with Crippen molar-refractivity contribution in [3.63, 3.8) is 0 Å². The van der Waals surface area contributed by atoms with E-state index in [1.807, 2.05) is 24.3 Å². The van der Waals surface area contributed by atoms with Gasteiger partial charge in [-0.15, -0.1) is 0 Å². The summed E-state index contributed by atoms with van der Waals surface area (Å²) in [7, 11) is 0. The molecule has 21 heavy (non-hydrogen) atoms. The minimum atomic E-state index is -1.05. The van der Waals surface area contributed by atoms with Crippen LogP contribution in [0.5, 0.6) is 0 Å². The minimum Gasteiger partial charge on any atom is -0.479 e. The number of carboxylic acid groups (broad SMARTS) is 1. The van der Waals surface area contributed by atoms with Gasteiger partial charge in [0.25, 0.3) is 5.91 Å². The molecular weight excluding hydrogens is 272 g/mol. The number of morpholine rings is 1. The van der Waals surface area contributed by atoms with Crippen LogP contribution in [0.4, 0.5) is 0 Å². The molecule has 1 aliphatic rings. The number of carboxylic acids is 1. The highest BCUT2D eigenvalue weighted by atomic mass is 16.5. The van der Waals surface area contributed by atoms with E-state index in [0.29, 0.717) is 12.1 Å². The summed E-state index contributed by atoms with van der Waals surface area (Å²) in [5.74, 6) is -1.27. The second-order valence-electron chi connectivity index (χ2n) is 4.86. The zero-order chi connectivity index (χ0) is 14.8. The Morgan fingerprint density at radius 3 is 2.90 bits per heavy atom. The molecule has 1 aromatic carbocycles. The summed E-state index contributed by atoms with van der Waals surface area (Å²) in [6, 6.07) is 7.49. The zero-order valence-electron chi connectivity index (χ0n) is 11.2. The molecule has 0 spiro atoms. The van der Waals surface area contributed by atoms with Gasteiger partial charge in [0.15, 0.2) is 6.10 Å². The number of aromatic nitrogens is 1. The highest BCUT2D eigenvalue weighted by Gasteiger charge is 2.30. The lowest BCUT2D eigenvalue weighted by Crippen LogP contribution is -2.48. The molecule has 1 fully saturated rings. The average Bonchev–Trinajstić information content (AvgIpc) is 2.53. The van der Waals surface area contributed by atoms with Gasteiger partial charge in [0, 0.05) is 24.3 Å². The number of benzene rings is 1. The van der Waals surface area contributed by atoms with Crippen LogP contribution in [0.15, 0.2) is 36.7 Å². The molecule has 0 radical (unpaired) electrons. The molecule has 1 N–H and O–H groups in total. The lowest BCUT2D eigenvalue weighted by atomic mass is 10.1. The Bertz CT molecular complexity index is 696. The maximum Gasteiger partial charge on any atom is 0.334 e. The van der Waals surface area contributed by atoms with Gasteiger partial charge in [-0.2, -0.15) is 0 Å². The van der Waals surface area contributed by atoms with Crippen LogP contribution in [0.2, 0.25) is 0 Å². The number of amides is 1. The fourth-order valence-electron chi connectivity index (χ4n) is 2.44. The molecule has 2 heterocycles. The highest BCUT2D eigenvalue weighted by Crippen LogP contribution is 2.19. The molecule has 0 bridgehead atoms. The number of rotatable bonds is 2. The summed E-state index contributed by atoms with van der Waals surface area (Å²) in [4.78, 5) is 29.2. The Morgan fingerprint density at radius 1 is 1.29 bits per heavy atom. The monoisotopic (exact) mass is 286 g/mol. The Balaban J connectivity index is 1.92. The highest BCUT2D eigenvalue weighted by molar-refractivity contribution is 6.06. The van der Waals surface area contributed by atoms with Crippen LogP contribution in [0.3, 0.4) is 0 Å². The Morgan fingerprint density at radius 2 is 2.10 bits per heavy atom. The van der Waals surface area contributed by atoms with Crippen LogP contribution in [-0.4, -0.2) is 52.7 Å². The maximum absolute atomic E-state index is 12.6. The third kappa shape index (κ3) is 2.57. The molecule has 1 atom stereocenters. The third-order valence-electron chi connectivity index (χ3n) is 3.53. The van der Waals surface area contributed by atoms with Crippen molar-refractivity contribution >= 4 is 22.6 Å². The summed E-state index contributed by atoms with van der Waals surface area (Å²) in [6.45, 7) is 0.657. The number of carbonyl (C=O) groups excluding carboxylic acids is 1. The summed E-state index contributed by atoms with van der Waals surface area (Å²) >= 11 is 0. The topological polar surface area (TPSA) is 79.7 Å². The summed E-state index contributed by atoms with van der Waals surface area (Å²) in [5.41, 5.74) is 0.485. The first kappa shape index (κ1) is 13.5. The summed E-state index contributed by atoms with van der Waals surface area (Å²) in [6.07, 6.45) is 2.26. The molecule has 1 unspecified atom stereocenters. The SMILES string of the molecule is O=C(O)C1CN(C(=O)c2cncc3ccccc23)CCO1. The molecule has 1 aliphatic heterocycles. The molecule has 3 rings (SSSR count). The van der Waals surface area contributed by atoms with E-state index < -0.39 is 12.1 Å². The van der Waals surface area contributed by atoms with Gasteiger partial charge in [0.2, 0.25) is 0 Å². The van der Waals surface area contributed by atoms with E-state index in [0.717, 1.165) is 10.8 Å². The van der Waals surface area contributed by atoms with Gasteiger partial charge in [0.05, 0.1) is 18.7 Å². The molecule has 2 aromatic rings. The van der Waals surface area contributed by atoms with Crippen LogP contribution in [0.25, 0.3) is 10.8 Å². The number of pyridine rings is 1. The van der Waals surface area contributed by atoms with Gasteiger partial charge in [-0.25, -0.2) is 4.79 Å². The van der Waals surface area contributed by atoms with Gasteiger partial charge in [-0.1, -0.05) is 24.3 Å². The first-order valence-corrected chi connectivity index (χ1v) is 6.63. The van der Waals surface area contributed by atoms with Gasteiger partial charge >= 0.3 is 5.97 Å². The van der Waals surface area contributed by atoms with Crippen molar-refractivity contribution in [1.29, 1.82) is 0 Å². The van der Waals surface area contributed by atoms with E-state index in [9.17, 15) is 9.59 Å². The van der Waals surface area contributed by atoms with Crippen LogP contribution in [0, 0.1) is 0 Å². The second-order valence-corrected chi connectivity index (χ2v) is 4.86. The number of ether oxygens (including phenoxy) is 1. The molecule has 6 heteroatoms. The summed E-state index contributed by atoms with van der Waals surface area (Å²) < 4.78 is 5.13. The van der Waals surface area contributed by atoms with Crippen molar-refractivity contribution in [3.05, 3.63) is 42.2 Å². The molecule has 108 valence electrons. The molecular formula is C15H14N2O4. The predicted octanol–water partition coefficient (Wildman–Crippen LogP) is 1.16. The van der Waals surface area contributed by atoms with Crippen molar-refractivity contribution in [1.82, 2.24) is 9.88 Å².